The first kappa shape index (κ1) is 17.6. The molecule has 3 rings (SSSR count). The van der Waals surface area contributed by atoms with E-state index in [0.717, 1.165) is 12.8 Å². The van der Waals surface area contributed by atoms with E-state index in [2.05, 4.69) is 0 Å². The minimum absolute atomic E-state index is 0.0133. The number of sulfone groups is 1. The summed E-state index contributed by atoms with van der Waals surface area (Å²) in [5, 5.41) is 0. The van der Waals surface area contributed by atoms with E-state index in [9.17, 15) is 13.2 Å². The monoisotopic (exact) mass is 358 g/mol. The zero-order valence-electron chi connectivity index (χ0n) is 14.0. The number of rotatable bonds is 4. The minimum Gasteiger partial charge on any atom is -0.337 e. The summed E-state index contributed by atoms with van der Waals surface area (Å²) in [7, 11) is -3.43. The maximum Gasteiger partial charge on any atom is 0.253 e. The molecule has 1 atom stereocenters. The quantitative estimate of drug-likeness (QED) is 0.909. The standard InChI is InChI=1S/C19H22N2O3S/c20-17-8-5-11-21(13-17)19(22)16-7-4-6-15(12-16)14-25(23,24)18-9-2-1-3-10-18/h1-4,6-7,9-10,12,17H,5,8,11,13-14,20H2. The average molecular weight is 358 g/mol. The van der Waals surface area contributed by atoms with Gasteiger partial charge in [0.05, 0.1) is 10.6 Å². The largest absolute Gasteiger partial charge is 0.337 e. The van der Waals surface area contributed by atoms with Crippen LogP contribution in [0.1, 0.15) is 28.8 Å². The number of piperidine rings is 1. The van der Waals surface area contributed by atoms with Crippen molar-refractivity contribution in [3.8, 4) is 0 Å². The lowest BCUT2D eigenvalue weighted by Crippen LogP contribution is -2.45. The van der Waals surface area contributed by atoms with E-state index < -0.39 is 9.84 Å². The first-order valence-corrected chi connectivity index (χ1v) is 10.0. The first-order valence-electron chi connectivity index (χ1n) is 8.37. The lowest BCUT2D eigenvalue weighted by Gasteiger charge is -2.30. The highest BCUT2D eigenvalue weighted by Gasteiger charge is 2.23. The van der Waals surface area contributed by atoms with E-state index in [0.29, 0.717) is 24.2 Å². The Morgan fingerprint density at radius 2 is 1.88 bits per heavy atom. The van der Waals surface area contributed by atoms with Gasteiger partial charge in [-0.3, -0.25) is 4.79 Å². The number of carbonyl (C=O) groups is 1. The molecule has 1 fully saturated rings. The molecule has 1 aliphatic heterocycles. The molecule has 0 radical (unpaired) electrons. The summed E-state index contributed by atoms with van der Waals surface area (Å²) in [4.78, 5) is 14.7. The molecule has 2 N–H and O–H groups in total. The van der Waals surface area contributed by atoms with Crippen molar-refractivity contribution in [1.82, 2.24) is 4.90 Å². The molecule has 0 bridgehead atoms. The summed E-state index contributed by atoms with van der Waals surface area (Å²) >= 11 is 0. The summed E-state index contributed by atoms with van der Waals surface area (Å²) in [6.45, 7) is 1.24. The van der Waals surface area contributed by atoms with Crippen molar-refractivity contribution in [1.29, 1.82) is 0 Å². The van der Waals surface area contributed by atoms with Gasteiger partial charge in [0, 0.05) is 24.7 Å². The van der Waals surface area contributed by atoms with E-state index >= 15 is 0 Å². The Labute approximate surface area is 148 Å². The fourth-order valence-corrected chi connectivity index (χ4v) is 4.46. The molecular formula is C19H22N2O3S. The number of hydrogen-bond donors (Lipinski definition) is 1. The number of carbonyl (C=O) groups excluding carboxylic acids is 1. The molecule has 2 aromatic rings. The van der Waals surface area contributed by atoms with Gasteiger partial charge in [0.25, 0.3) is 5.91 Å². The second-order valence-electron chi connectivity index (χ2n) is 6.43. The van der Waals surface area contributed by atoms with E-state index in [-0.39, 0.29) is 22.6 Å². The maximum absolute atomic E-state index is 12.7. The van der Waals surface area contributed by atoms with Gasteiger partial charge in [-0.2, -0.15) is 0 Å². The molecule has 1 aliphatic rings. The minimum atomic E-state index is -3.43. The smallest absolute Gasteiger partial charge is 0.253 e. The van der Waals surface area contributed by atoms with Crippen LogP contribution in [0.5, 0.6) is 0 Å². The van der Waals surface area contributed by atoms with Crippen LogP contribution in [0.3, 0.4) is 0 Å². The van der Waals surface area contributed by atoms with Crippen LogP contribution in [-0.4, -0.2) is 38.4 Å². The third-order valence-corrected chi connectivity index (χ3v) is 6.08. The summed E-state index contributed by atoms with van der Waals surface area (Å²) < 4.78 is 25.0. The van der Waals surface area contributed by atoms with E-state index in [1.54, 1.807) is 59.5 Å². The van der Waals surface area contributed by atoms with Crippen LogP contribution in [-0.2, 0) is 15.6 Å². The SMILES string of the molecule is NC1CCCN(C(=O)c2cccc(CS(=O)(=O)c3ccccc3)c2)C1. The van der Waals surface area contributed by atoms with Crippen LogP contribution in [0.15, 0.2) is 59.5 Å². The van der Waals surface area contributed by atoms with Crippen LogP contribution in [0, 0.1) is 0 Å². The Balaban J connectivity index is 1.79. The van der Waals surface area contributed by atoms with Crippen LogP contribution >= 0.6 is 0 Å². The number of nitrogens with zero attached hydrogens (tertiary/aromatic N) is 1. The molecule has 1 saturated heterocycles. The molecule has 1 heterocycles. The number of benzene rings is 2. The van der Waals surface area contributed by atoms with Gasteiger partial charge in [0.15, 0.2) is 9.84 Å². The van der Waals surface area contributed by atoms with Gasteiger partial charge >= 0.3 is 0 Å². The molecule has 5 nitrogen and oxygen atoms in total. The fourth-order valence-electron chi connectivity index (χ4n) is 3.10. The van der Waals surface area contributed by atoms with Gasteiger partial charge < -0.3 is 10.6 Å². The third kappa shape index (κ3) is 4.27. The average Bonchev–Trinajstić information content (AvgIpc) is 2.62. The predicted molar refractivity (Wildman–Crippen MR) is 96.9 cm³/mol. The van der Waals surface area contributed by atoms with E-state index in [1.165, 1.54) is 0 Å². The molecule has 6 heteroatoms. The Morgan fingerprint density at radius 1 is 1.12 bits per heavy atom. The molecule has 132 valence electrons. The van der Waals surface area contributed by atoms with Gasteiger partial charge in [-0.15, -0.1) is 0 Å². The molecule has 0 aliphatic carbocycles. The van der Waals surface area contributed by atoms with Crippen molar-refractivity contribution in [3.05, 3.63) is 65.7 Å². The van der Waals surface area contributed by atoms with E-state index in [4.69, 9.17) is 5.73 Å². The van der Waals surface area contributed by atoms with Crippen LogP contribution < -0.4 is 5.73 Å². The second-order valence-corrected chi connectivity index (χ2v) is 8.42. The van der Waals surface area contributed by atoms with Gasteiger partial charge in [-0.05, 0) is 42.7 Å². The van der Waals surface area contributed by atoms with Crippen molar-refractivity contribution in [2.24, 2.45) is 5.73 Å². The topological polar surface area (TPSA) is 80.5 Å². The highest BCUT2D eigenvalue weighted by molar-refractivity contribution is 7.90. The normalized spacial score (nSPS) is 18.1. The van der Waals surface area contributed by atoms with Crippen LogP contribution in [0.4, 0.5) is 0 Å². The molecule has 25 heavy (non-hydrogen) atoms. The molecule has 0 spiro atoms. The number of amides is 1. The Bertz CT molecular complexity index is 850. The molecular weight excluding hydrogens is 336 g/mol. The van der Waals surface area contributed by atoms with Crippen molar-refractivity contribution in [2.75, 3.05) is 13.1 Å². The zero-order valence-corrected chi connectivity index (χ0v) is 14.8. The Morgan fingerprint density at radius 3 is 2.60 bits per heavy atom. The van der Waals surface area contributed by atoms with Crippen molar-refractivity contribution in [3.63, 3.8) is 0 Å². The van der Waals surface area contributed by atoms with Gasteiger partial charge in [0.2, 0.25) is 0 Å². The predicted octanol–water partition coefficient (Wildman–Crippen LogP) is 2.22. The molecule has 1 amide bonds. The van der Waals surface area contributed by atoms with Gasteiger partial charge in [-0.1, -0.05) is 30.3 Å². The lowest BCUT2D eigenvalue weighted by atomic mass is 10.0. The zero-order chi connectivity index (χ0) is 17.9. The summed E-state index contributed by atoms with van der Waals surface area (Å²) in [5.41, 5.74) is 7.06. The summed E-state index contributed by atoms with van der Waals surface area (Å²) in [6.07, 6.45) is 1.83. The third-order valence-electron chi connectivity index (χ3n) is 4.38. The fraction of sp³-hybridized carbons (Fsp3) is 0.316. The van der Waals surface area contributed by atoms with Gasteiger partial charge in [-0.25, -0.2) is 8.42 Å². The Hall–Kier alpha value is -2.18. The van der Waals surface area contributed by atoms with Crippen LogP contribution in [0.2, 0.25) is 0 Å². The van der Waals surface area contributed by atoms with Crippen molar-refractivity contribution in [2.45, 2.75) is 29.5 Å². The molecule has 0 saturated carbocycles. The summed E-state index contributed by atoms with van der Waals surface area (Å²) in [6, 6.07) is 15.2. The lowest BCUT2D eigenvalue weighted by molar-refractivity contribution is 0.0708. The number of nitrogens with two attached hydrogens (primary N) is 1. The molecule has 2 aromatic carbocycles. The van der Waals surface area contributed by atoms with Crippen molar-refractivity contribution >= 4 is 15.7 Å². The van der Waals surface area contributed by atoms with E-state index in [1.807, 2.05) is 0 Å². The number of hydrogen-bond acceptors (Lipinski definition) is 4. The Kier molecular flexibility index (Phi) is 5.20. The first-order chi connectivity index (χ1) is 12.0. The van der Waals surface area contributed by atoms with Gasteiger partial charge in [0.1, 0.15) is 0 Å². The van der Waals surface area contributed by atoms with Crippen LogP contribution in [0.25, 0.3) is 0 Å². The second kappa shape index (κ2) is 7.37. The molecule has 1 unspecified atom stereocenters. The maximum atomic E-state index is 12.7. The highest BCUT2D eigenvalue weighted by atomic mass is 32.2. The van der Waals surface area contributed by atoms with Crippen molar-refractivity contribution < 1.29 is 13.2 Å². The summed E-state index contributed by atoms with van der Waals surface area (Å²) in [5.74, 6) is -0.216. The molecule has 0 aromatic heterocycles. The highest BCUT2D eigenvalue weighted by Crippen LogP contribution is 2.18. The number of likely N-dealkylation sites (tertiary alicyclic amines) is 1.